The summed E-state index contributed by atoms with van der Waals surface area (Å²) in [4.78, 5) is 22.8. The van der Waals surface area contributed by atoms with Gasteiger partial charge in [0.15, 0.2) is 0 Å². The first-order valence-corrected chi connectivity index (χ1v) is 7.46. The minimum atomic E-state index is -0.541. The maximum atomic E-state index is 11.8. The maximum Gasteiger partial charge on any atom is 0.411 e. The zero-order chi connectivity index (χ0) is 15.0. The van der Waals surface area contributed by atoms with Crippen LogP contribution < -0.4 is 16.4 Å². The van der Waals surface area contributed by atoms with Crippen LogP contribution in [0.1, 0.15) is 6.42 Å². The molecular weight excluding hydrogens is 278 g/mol. The van der Waals surface area contributed by atoms with Gasteiger partial charge in [-0.2, -0.15) is 11.8 Å². The molecule has 0 aliphatic rings. The van der Waals surface area contributed by atoms with Gasteiger partial charge in [0.1, 0.15) is 0 Å². The van der Waals surface area contributed by atoms with Gasteiger partial charge in [-0.1, -0.05) is 0 Å². The highest BCUT2D eigenvalue weighted by atomic mass is 32.2. The predicted octanol–water partition coefficient (Wildman–Crippen LogP) is 1.88. The maximum absolute atomic E-state index is 11.8. The first-order chi connectivity index (χ1) is 9.56. The van der Waals surface area contributed by atoms with Crippen molar-refractivity contribution in [3.05, 3.63) is 24.3 Å². The molecule has 0 aliphatic heterocycles. The van der Waals surface area contributed by atoms with Gasteiger partial charge in [0, 0.05) is 11.4 Å². The number of methoxy groups -OCH3 is 1. The third-order valence-electron chi connectivity index (χ3n) is 2.55. The van der Waals surface area contributed by atoms with Crippen molar-refractivity contribution in [3.8, 4) is 0 Å². The standard InChI is InChI=1S/C13H19N3O3S/c1-19-13(18)16-10-5-3-9(4-6-10)15-12(17)11(14)7-8-20-2/h3-6,11H,7-8,14H2,1-2H3,(H,15,17)(H,16,18)/t11-/m0/s1. The molecule has 6 nitrogen and oxygen atoms in total. The number of nitrogens with two attached hydrogens (primary N) is 1. The number of hydrogen-bond donors (Lipinski definition) is 3. The molecule has 0 bridgehead atoms. The monoisotopic (exact) mass is 297 g/mol. The highest BCUT2D eigenvalue weighted by Crippen LogP contribution is 2.14. The molecule has 1 atom stereocenters. The lowest BCUT2D eigenvalue weighted by atomic mass is 10.2. The van der Waals surface area contributed by atoms with E-state index in [1.807, 2.05) is 6.26 Å². The molecule has 0 spiro atoms. The largest absolute Gasteiger partial charge is 0.453 e. The van der Waals surface area contributed by atoms with Gasteiger partial charge in [-0.3, -0.25) is 10.1 Å². The molecule has 0 heterocycles. The molecular formula is C13H19N3O3S. The molecule has 0 unspecified atom stereocenters. The molecule has 1 rings (SSSR count). The van der Waals surface area contributed by atoms with Crippen LogP contribution in [-0.4, -0.2) is 37.2 Å². The predicted molar refractivity (Wildman–Crippen MR) is 82.1 cm³/mol. The van der Waals surface area contributed by atoms with Crippen LogP contribution in [0.4, 0.5) is 16.2 Å². The fourth-order valence-electron chi connectivity index (χ4n) is 1.42. The molecule has 0 fully saturated rings. The Morgan fingerprint density at radius 3 is 2.30 bits per heavy atom. The van der Waals surface area contributed by atoms with Crippen molar-refractivity contribution in [2.24, 2.45) is 5.73 Å². The Morgan fingerprint density at radius 2 is 1.80 bits per heavy atom. The van der Waals surface area contributed by atoms with Crippen LogP contribution in [0, 0.1) is 0 Å². The second-order valence-electron chi connectivity index (χ2n) is 4.07. The summed E-state index contributed by atoms with van der Waals surface area (Å²) in [5.74, 6) is 0.629. The summed E-state index contributed by atoms with van der Waals surface area (Å²) in [5, 5.41) is 5.25. The number of hydrogen-bond acceptors (Lipinski definition) is 5. The summed E-state index contributed by atoms with van der Waals surface area (Å²) in [6, 6.07) is 6.18. The van der Waals surface area contributed by atoms with Crippen LogP contribution in [0.5, 0.6) is 0 Å². The van der Waals surface area contributed by atoms with E-state index in [9.17, 15) is 9.59 Å². The number of amides is 2. The number of thioether (sulfide) groups is 1. The van der Waals surface area contributed by atoms with Crippen molar-refractivity contribution < 1.29 is 14.3 Å². The van der Waals surface area contributed by atoms with Crippen molar-refractivity contribution >= 4 is 35.1 Å². The van der Waals surface area contributed by atoms with Crippen molar-refractivity contribution in [2.45, 2.75) is 12.5 Å². The number of ether oxygens (including phenoxy) is 1. The van der Waals surface area contributed by atoms with E-state index in [0.29, 0.717) is 17.8 Å². The van der Waals surface area contributed by atoms with E-state index in [-0.39, 0.29) is 5.91 Å². The van der Waals surface area contributed by atoms with Crippen molar-refractivity contribution in [1.82, 2.24) is 0 Å². The molecule has 1 aromatic carbocycles. The van der Waals surface area contributed by atoms with Gasteiger partial charge in [0.2, 0.25) is 5.91 Å². The molecule has 1 aromatic rings. The molecule has 20 heavy (non-hydrogen) atoms. The number of rotatable bonds is 6. The van der Waals surface area contributed by atoms with Crippen LogP contribution in [-0.2, 0) is 9.53 Å². The molecule has 0 saturated carbocycles. The smallest absolute Gasteiger partial charge is 0.411 e. The molecule has 0 aromatic heterocycles. The zero-order valence-corrected chi connectivity index (χ0v) is 12.3. The fraction of sp³-hybridized carbons (Fsp3) is 0.385. The lowest BCUT2D eigenvalue weighted by Crippen LogP contribution is -2.36. The Labute approximate surface area is 122 Å². The molecule has 0 saturated heterocycles. The Morgan fingerprint density at radius 1 is 1.25 bits per heavy atom. The van der Waals surface area contributed by atoms with E-state index in [1.54, 1.807) is 36.0 Å². The summed E-state index contributed by atoms with van der Waals surface area (Å²) in [6.45, 7) is 0. The van der Waals surface area contributed by atoms with Gasteiger partial charge in [-0.05, 0) is 42.7 Å². The van der Waals surface area contributed by atoms with E-state index in [4.69, 9.17) is 5.73 Å². The van der Waals surface area contributed by atoms with Gasteiger partial charge < -0.3 is 15.8 Å². The van der Waals surface area contributed by atoms with Crippen molar-refractivity contribution in [2.75, 3.05) is 29.8 Å². The first-order valence-electron chi connectivity index (χ1n) is 6.07. The number of anilines is 2. The Kier molecular flexibility index (Phi) is 6.89. The van der Waals surface area contributed by atoms with E-state index < -0.39 is 12.1 Å². The molecule has 7 heteroatoms. The average Bonchev–Trinajstić information content (AvgIpc) is 2.46. The van der Waals surface area contributed by atoms with Gasteiger partial charge in [-0.25, -0.2) is 4.79 Å². The number of benzene rings is 1. The number of carbonyl (C=O) groups is 2. The van der Waals surface area contributed by atoms with Crippen molar-refractivity contribution in [3.63, 3.8) is 0 Å². The first kappa shape index (κ1) is 16.3. The highest BCUT2D eigenvalue weighted by Gasteiger charge is 2.12. The quantitative estimate of drug-likeness (QED) is 0.745. The van der Waals surface area contributed by atoms with Gasteiger partial charge in [-0.15, -0.1) is 0 Å². The number of carbonyl (C=O) groups excluding carboxylic acids is 2. The van der Waals surface area contributed by atoms with Crippen LogP contribution >= 0.6 is 11.8 Å². The highest BCUT2D eigenvalue weighted by molar-refractivity contribution is 7.98. The summed E-state index contributed by atoms with van der Waals surface area (Å²) in [7, 11) is 1.29. The normalized spacial score (nSPS) is 11.6. The van der Waals surface area contributed by atoms with Crippen LogP contribution in [0.25, 0.3) is 0 Å². The van der Waals surface area contributed by atoms with E-state index in [0.717, 1.165) is 5.75 Å². The average molecular weight is 297 g/mol. The number of nitrogens with one attached hydrogen (secondary N) is 2. The van der Waals surface area contributed by atoms with E-state index in [1.165, 1.54) is 7.11 Å². The molecule has 0 aliphatic carbocycles. The van der Waals surface area contributed by atoms with Crippen LogP contribution in [0.15, 0.2) is 24.3 Å². The minimum absolute atomic E-state index is 0.215. The molecule has 2 amide bonds. The van der Waals surface area contributed by atoms with Gasteiger partial charge in [0.25, 0.3) is 0 Å². The summed E-state index contributed by atoms with van der Waals surface area (Å²) >= 11 is 1.65. The Hall–Kier alpha value is -1.73. The van der Waals surface area contributed by atoms with Gasteiger partial charge in [0.05, 0.1) is 13.2 Å². The van der Waals surface area contributed by atoms with Crippen LogP contribution in [0.3, 0.4) is 0 Å². The molecule has 0 radical (unpaired) electrons. The SMILES string of the molecule is COC(=O)Nc1ccc(NC(=O)[C@@H](N)CCSC)cc1. The third kappa shape index (κ3) is 5.50. The molecule has 110 valence electrons. The second-order valence-corrected chi connectivity index (χ2v) is 5.06. The molecule has 4 N–H and O–H groups in total. The topological polar surface area (TPSA) is 93.5 Å². The summed E-state index contributed by atoms with van der Waals surface area (Å²) in [6.07, 6.45) is 2.06. The van der Waals surface area contributed by atoms with Gasteiger partial charge >= 0.3 is 6.09 Å². The lowest BCUT2D eigenvalue weighted by Gasteiger charge is -2.12. The summed E-state index contributed by atoms with van der Waals surface area (Å²) < 4.78 is 4.48. The Balaban J connectivity index is 2.52. The minimum Gasteiger partial charge on any atom is -0.453 e. The zero-order valence-electron chi connectivity index (χ0n) is 11.5. The third-order valence-corrected chi connectivity index (χ3v) is 3.20. The second kappa shape index (κ2) is 8.44. The van der Waals surface area contributed by atoms with Crippen LogP contribution in [0.2, 0.25) is 0 Å². The fourth-order valence-corrected chi connectivity index (χ4v) is 1.91. The Bertz CT molecular complexity index is 451. The summed E-state index contributed by atoms with van der Waals surface area (Å²) in [5.41, 5.74) is 6.98. The lowest BCUT2D eigenvalue weighted by molar-refractivity contribution is -0.117. The van der Waals surface area contributed by atoms with E-state index >= 15 is 0 Å². The van der Waals surface area contributed by atoms with Crippen molar-refractivity contribution in [1.29, 1.82) is 0 Å². The van der Waals surface area contributed by atoms with E-state index in [2.05, 4.69) is 15.4 Å².